The van der Waals surface area contributed by atoms with Crippen molar-refractivity contribution in [3.05, 3.63) is 71.5 Å². The number of aromatic amines is 2. The second-order valence-electron chi connectivity index (χ2n) is 10.7. The molecule has 0 unspecified atom stereocenters. The third-order valence-electron chi connectivity index (χ3n) is 9.24. The highest BCUT2D eigenvalue weighted by Crippen LogP contribution is 2.64. The van der Waals surface area contributed by atoms with E-state index in [9.17, 15) is 14.7 Å². The van der Waals surface area contributed by atoms with Gasteiger partial charge in [0.15, 0.2) is 11.1 Å². The average molecular weight is 525 g/mol. The molecule has 2 fully saturated rings. The van der Waals surface area contributed by atoms with Crippen LogP contribution in [0, 0.1) is 10.8 Å². The summed E-state index contributed by atoms with van der Waals surface area (Å²) in [5, 5.41) is 31.6. The first-order chi connectivity index (χ1) is 18.6. The van der Waals surface area contributed by atoms with Crippen molar-refractivity contribution in [2.24, 2.45) is 0 Å². The number of carbonyl (C=O) groups is 2. The van der Waals surface area contributed by atoms with Gasteiger partial charge in [-0.15, -0.1) is 0 Å². The van der Waals surface area contributed by atoms with Crippen LogP contribution in [-0.2, 0) is 15.1 Å². The van der Waals surface area contributed by atoms with E-state index in [4.69, 9.17) is 10.8 Å². The fraction of sp³-hybridized carbons (Fsp3) is 0.286. The van der Waals surface area contributed by atoms with Crippen molar-refractivity contribution in [1.82, 2.24) is 29.6 Å². The van der Waals surface area contributed by atoms with Crippen LogP contribution in [0.25, 0.3) is 21.8 Å². The van der Waals surface area contributed by atoms with Gasteiger partial charge in [-0.1, -0.05) is 36.4 Å². The van der Waals surface area contributed by atoms with Gasteiger partial charge in [-0.05, 0) is 17.7 Å². The molecule has 1 aliphatic carbocycles. The maximum absolute atomic E-state index is 14.6. The van der Waals surface area contributed by atoms with Crippen LogP contribution in [0.5, 0.6) is 0 Å². The number of hydrogen-bond acceptors (Lipinski definition) is 5. The standard InChI is InChI=1S/C28H28N8O3/c1-33-23(38)27(35(3)25(33)29)20(16-13-31-17-11-7-5-9-14(16)17)28(24(39)34(2)26(30)36(28)4)22(37)19-15-10-6-8-12-18(15)32-21(19)27/h5-13,20,22,29-32,37H,1-4H3/t20-,22+,27+,28+/m1/s1. The van der Waals surface area contributed by atoms with E-state index >= 15 is 0 Å². The lowest BCUT2D eigenvalue weighted by Crippen LogP contribution is -2.69. The highest BCUT2D eigenvalue weighted by molar-refractivity contribution is 6.15. The molecule has 11 heteroatoms. The third kappa shape index (κ3) is 2.34. The molecule has 198 valence electrons. The van der Waals surface area contributed by atoms with Crippen LogP contribution in [-0.4, -0.2) is 92.1 Å². The van der Waals surface area contributed by atoms with Gasteiger partial charge in [0.05, 0.1) is 11.6 Å². The molecule has 2 spiro atoms. The molecule has 11 nitrogen and oxygen atoms in total. The molecule has 2 saturated heterocycles. The summed E-state index contributed by atoms with van der Waals surface area (Å²) in [6, 6.07) is 15.0. The molecule has 2 aromatic carbocycles. The molecule has 4 heterocycles. The van der Waals surface area contributed by atoms with Gasteiger partial charge in [0.25, 0.3) is 11.8 Å². The van der Waals surface area contributed by atoms with Crippen molar-refractivity contribution in [2.75, 3.05) is 28.2 Å². The Labute approximate surface area is 223 Å². The number of H-pyrrole nitrogens is 2. The summed E-state index contributed by atoms with van der Waals surface area (Å²) in [7, 11) is 6.37. The van der Waals surface area contributed by atoms with Crippen LogP contribution in [0.15, 0.2) is 54.7 Å². The molecule has 2 aliphatic heterocycles. The number of benzene rings is 2. The number of para-hydroxylation sites is 2. The van der Waals surface area contributed by atoms with Gasteiger partial charge in [0, 0.05) is 61.8 Å². The number of amides is 2. The summed E-state index contributed by atoms with van der Waals surface area (Å²) in [4.78, 5) is 41.5. The van der Waals surface area contributed by atoms with Gasteiger partial charge < -0.3 is 24.9 Å². The Kier molecular flexibility index (Phi) is 4.37. The lowest BCUT2D eigenvalue weighted by atomic mass is 9.57. The quantitative estimate of drug-likeness (QED) is 0.259. The first kappa shape index (κ1) is 23.5. The van der Waals surface area contributed by atoms with Crippen molar-refractivity contribution < 1.29 is 14.7 Å². The number of aliphatic hydroxyl groups is 1. The third-order valence-corrected chi connectivity index (χ3v) is 9.24. The summed E-state index contributed by atoms with van der Waals surface area (Å²) >= 11 is 0. The summed E-state index contributed by atoms with van der Waals surface area (Å²) in [6.45, 7) is 0. The average Bonchev–Trinajstić information content (AvgIpc) is 3.63. The van der Waals surface area contributed by atoms with Crippen LogP contribution < -0.4 is 0 Å². The predicted molar refractivity (Wildman–Crippen MR) is 145 cm³/mol. The number of nitrogens with one attached hydrogen (secondary N) is 4. The molecule has 2 amide bonds. The number of aromatic nitrogens is 2. The Morgan fingerprint density at radius 3 is 2.03 bits per heavy atom. The molecule has 5 N–H and O–H groups in total. The van der Waals surface area contributed by atoms with Crippen molar-refractivity contribution >= 4 is 45.5 Å². The maximum atomic E-state index is 14.6. The largest absolute Gasteiger partial charge is 0.385 e. The van der Waals surface area contributed by atoms with Crippen molar-refractivity contribution in [3.63, 3.8) is 0 Å². The normalized spacial score (nSPS) is 28.8. The van der Waals surface area contributed by atoms with Gasteiger partial charge >= 0.3 is 0 Å². The Morgan fingerprint density at radius 1 is 0.821 bits per heavy atom. The summed E-state index contributed by atoms with van der Waals surface area (Å²) in [5.41, 5.74) is -0.365. The predicted octanol–water partition coefficient (Wildman–Crippen LogP) is 2.09. The van der Waals surface area contributed by atoms with E-state index in [1.54, 1.807) is 32.2 Å². The van der Waals surface area contributed by atoms with Crippen molar-refractivity contribution in [1.29, 1.82) is 10.8 Å². The first-order valence-electron chi connectivity index (χ1n) is 12.7. The minimum atomic E-state index is -1.77. The minimum Gasteiger partial charge on any atom is -0.385 e. The van der Waals surface area contributed by atoms with Crippen LogP contribution in [0.1, 0.15) is 28.8 Å². The summed E-state index contributed by atoms with van der Waals surface area (Å²) < 4.78 is 0. The maximum Gasteiger partial charge on any atom is 0.261 e. The molecule has 4 atom stereocenters. The van der Waals surface area contributed by atoms with Gasteiger partial charge in [-0.3, -0.25) is 30.2 Å². The number of aliphatic hydroxyl groups excluding tert-OH is 1. The molecule has 2 aromatic heterocycles. The topological polar surface area (TPSA) is 147 Å². The van der Waals surface area contributed by atoms with E-state index in [1.165, 1.54) is 21.7 Å². The minimum absolute atomic E-state index is 0.0301. The SMILES string of the molecule is CN1C(=N)N(C)[C@]2(C1=O)[C@@H](O)c1c([nH]c3ccccc13)[C@]1(C(=O)N(C)C(=N)N1C)[C@H]2c1c[nH]c2ccccc12. The molecular weight excluding hydrogens is 496 g/mol. The molecule has 4 aromatic rings. The number of hydrogen-bond donors (Lipinski definition) is 5. The van der Waals surface area contributed by atoms with Crippen molar-refractivity contribution in [3.8, 4) is 0 Å². The lowest BCUT2D eigenvalue weighted by Gasteiger charge is -2.55. The zero-order chi connectivity index (χ0) is 27.6. The zero-order valence-electron chi connectivity index (χ0n) is 21.9. The van der Waals surface area contributed by atoms with Crippen LogP contribution >= 0.6 is 0 Å². The van der Waals surface area contributed by atoms with Gasteiger partial charge in [0.1, 0.15) is 6.10 Å². The number of fused-ring (bicyclic) bond motifs is 5. The van der Waals surface area contributed by atoms with E-state index in [-0.39, 0.29) is 11.9 Å². The Hall–Kier alpha value is -4.64. The van der Waals surface area contributed by atoms with Crippen LogP contribution in [0.4, 0.5) is 0 Å². The van der Waals surface area contributed by atoms with E-state index in [2.05, 4.69) is 9.97 Å². The molecule has 7 rings (SSSR count). The summed E-state index contributed by atoms with van der Waals surface area (Å²) in [6.07, 6.45) is 0.378. The zero-order valence-corrected chi connectivity index (χ0v) is 21.9. The molecule has 3 aliphatic rings. The van der Waals surface area contributed by atoms with E-state index in [1.807, 2.05) is 48.5 Å². The Bertz CT molecular complexity index is 1770. The highest BCUT2D eigenvalue weighted by Gasteiger charge is 2.76. The van der Waals surface area contributed by atoms with Crippen molar-refractivity contribution in [2.45, 2.75) is 23.1 Å². The van der Waals surface area contributed by atoms with Gasteiger partial charge in [0.2, 0.25) is 11.9 Å². The van der Waals surface area contributed by atoms with E-state index in [0.717, 1.165) is 10.9 Å². The Morgan fingerprint density at radius 2 is 1.41 bits per heavy atom. The fourth-order valence-electron chi connectivity index (χ4n) is 7.39. The van der Waals surface area contributed by atoms with E-state index in [0.29, 0.717) is 27.7 Å². The van der Waals surface area contributed by atoms with Gasteiger partial charge in [-0.2, -0.15) is 0 Å². The van der Waals surface area contributed by atoms with Crippen LogP contribution in [0.3, 0.4) is 0 Å². The monoisotopic (exact) mass is 524 g/mol. The lowest BCUT2D eigenvalue weighted by molar-refractivity contribution is -0.151. The number of guanidine groups is 2. The first-order valence-corrected chi connectivity index (χ1v) is 12.7. The highest BCUT2D eigenvalue weighted by atomic mass is 16.3. The number of carbonyl (C=O) groups excluding carboxylic acids is 2. The smallest absolute Gasteiger partial charge is 0.261 e. The molecule has 0 radical (unpaired) electrons. The molecular formula is C28H28N8O3. The summed E-state index contributed by atoms with van der Waals surface area (Å²) in [5.74, 6) is -2.03. The number of rotatable bonds is 1. The second kappa shape index (κ2) is 7.26. The fourth-order valence-corrected chi connectivity index (χ4v) is 7.39. The molecule has 39 heavy (non-hydrogen) atoms. The number of nitrogens with zero attached hydrogens (tertiary/aromatic N) is 4. The molecule has 0 bridgehead atoms. The number of likely N-dealkylation sites (N-methyl/N-ethyl adjacent to an activating group) is 4. The van der Waals surface area contributed by atoms with Gasteiger partial charge in [-0.25, -0.2) is 0 Å². The van der Waals surface area contributed by atoms with Crippen LogP contribution in [0.2, 0.25) is 0 Å². The van der Waals surface area contributed by atoms with E-state index < -0.39 is 34.9 Å². The Balaban J connectivity index is 1.72. The second-order valence-corrected chi connectivity index (χ2v) is 10.7. The molecule has 0 saturated carbocycles.